The van der Waals surface area contributed by atoms with Crippen molar-refractivity contribution in [1.29, 1.82) is 0 Å². The van der Waals surface area contributed by atoms with Crippen molar-refractivity contribution < 1.29 is 14.3 Å². The second kappa shape index (κ2) is 7.61. The molecule has 0 unspecified atom stereocenters. The molecule has 7 heteroatoms. The molecular weight excluding hydrogens is 315 g/mol. The number of carbonyl (C=O) groups is 2. The molecule has 1 saturated carbocycles. The fraction of sp³-hybridized carbons (Fsp3) is 0.500. The van der Waals surface area contributed by atoms with E-state index in [0.717, 1.165) is 12.8 Å². The summed E-state index contributed by atoms with van der Waals surface area (Å²) >= 11 is 11.6. The predicted molar refractivity (Wildman–Crippen MR) is 80.4 cm³/mol. The van der Waals surface area contributed by atoms with E-state index >= 15 is 0 Å². The van der Waals surface area contributed by atoms with E-state index in [-0.39, 0.29) is 23.4 Å². The first-order valence-electron chi connectivity index (χ1n) is 6.81. The third kappa shape index (κ3) is 5.17. The van der Waals surface area contributed by atoms with Crippen molar-refractivity contribution >= 4 is 40.9 Å². The zero-order valence-corrected chi connectivity index (χ0v) is 12.9. The van der Waals surface area contributed by atoms with Crippen LogP contribution in [0.1, 0.15) is 32.1 Å². The molecule has 5 nitrogen and oxygen atoms in total. The highest BCUT2D eigenvalue weighted by atomic mass is 35.5. The number of carbonyl (C=O) groups excluding carboxylic acids is 2. The fourth-order valence-electron chi connectivity index (χ4n) is 2.33. The van der Waals surface area contributed by atoms with Gasteiger partial charge in [0.25, 0.3) is 5.91 Å². The first kappa shape index (κ1) is 16.0. The van der Waals surface area contributed by atoms with E-state index in [2.05, 4.69) is 10.3 Å². The maximum atomic E-state index is 11.7. The lowest BCUT2D eigenvalue weighted by Crippen LogP contribution is -2.22. The third-order valence-corrected chi connectivity index (χ3v) is 3.85. The quantitative estimate of drug-likeness (QED) is 0.839. The minimum atomic E-state index is -0.480. The molecule has 1 amide bonds. The van der Waals surface area contributed by atoms with Gasteiger partial charge in [0.1, 0.15) is 0 Å². The van der Waals surface area contributed by atoms with E-state index in [1.54, 1.807) is 0 Å². The molecule has 21 heavy (non-hydrogen) atoms. The lowest BCUT2D eigenvalue weighted by molar-refractivity contribution is -0.148. The van der Waals surface area contributed by atoms with Crippen LogP contribution >= 0.6 is 23.2 Å². The number of esters is 1. The first-order valence-corrected chi connectivity index (χ1v) is 7.56. The van der Waals surface area contributed by atoms with Crippen molar-refractivity contribution in [2.45, 2.75) is 32.1 Å². The SMILES string of the molecule is O=C(COC(=O)CC1CCCC1)Nc1ncc(Cl)cc1Cl. The highest BCUT2D eigenvalue weighted by Gasteiger charge is 2.20. The zero-order chi connectivity index (χ0) is 15.2. The lowest BCUT2D eigenvalue weighted by Gasteiger charge is -2.09. The van der Waals surface area contributed by atoms with Crippen LogP contribution in [0.15, 0.2) is 12.3 Å². The van der Waals surface area contributed by atoms with Crippen LogP contribution in [-0.4, -0.2) is 23.5 Å². The van der Waals surface area contributed by atoms with E-state index in [1.807, 2.05) is 0 Å². The monoisotopic (exact) mass is 330 g/mol. The van der Waals surface area contributed by atoms with Crippen LogP contribution in [0.3, 0.4) is 0 Å². The Morgan fingerprint density at radius 1 is 1.33 bits per heavy atom. The van der Waals surface area contributed by atoms with Gasteiger partial charge in [-0.05, 0) is 24.8 Å². The van der Waals surface area contributed by atoms with Gasteiger partial charge in [0.15, 0.2) is 12.4 Å². The second-order valence-electron chi connectivity index (χ2n) is 5.05. The molecule has 1 aliphatic carbocycles. The average Bonchev–Trinajstić information content (AvgIpc) is 2.92. The Morgan fingerprint density at radius 2 is 2.05 bits per heavy atom. The van der Waals surface area contributed by atoms with Gasteiger partial charge in [-0.3, -0.25) is 9.59 Å². The van der Waals surface area contributed by atoms with Crippen LogP contribution in [0, 0.1) is 5.92 Å². The van der Waals surface area contributed by atoms with Gasteiger partial charge in [-0.2, -0.15) is 0 Å². The molecule has 0 aromatic carbocycles. The molecule has 1 fully saturated rings. The molecule has 0 spiro atoms. The number of halogens is 2. The number of rotatable bonds is 5. The summed E-state index contributed by atoms with van der Waals surface area (Å²) < 4.78 is 4.95. The molecule has 0 aliphatic heterocycles. The number of pyridine rings is 1. The van der Waals surface area contributed by atoms with Gasteiger partial charge < -0.3 is 10.1 Å². The number of aromatic nitrogens is 1. The molecule has 1 N–H and O–H groups in total. The van der Waals surface area contributed by atoms with E-state index < -0.39 is 5.91 Å². The Labute approximate surface area is 133 Å². The van der Waals surface area contributed by atoms with Gasteiger partial charge >= 0.3 is 5.97 Å². The molecule has 114 valence electrons. The van der Waals surface area contributed by atoms with Crippen LogP contribution in [0.2, 0.25) is 10.0 Å². The minimum absolute atomic E-state index is 0.193. The molecule has 1 heterocycles. The largest absolute Gasteiger partial charge is 0.456 e. The summed E-state index contributed by atoms with van der Waals surface area (Å²) in [5.74, 6) is -0.232. The summed E-state index contributed by atoms with van der Waals surface area (Å²) in [6.45, 7) is -0.341. The zero-order valence-electron chi connectivity index (χ0n) is 11.4. The number of nitrogens with zero attached hydrogens (tertiary/aromatic N) is 1. The van der Waals surface area contributed by atoms with E-state index in [1.165, 1.54) is 25.1 Å². The standard InChI is InChI=1S/C14H16Cl2N2O3/c15-10-6-11(16)14(17-7-10)18-12(19)8-21-13(20)5-9-3-1-2-4-9/h6-7,9H,1-5,8H2,(H,17,18,19). The highest BCUT2D eigenvalue weighted by molar-refractivity contribution is 6.36. The van der Waals surface area contributed by atoms with E-state index in [9.17, 15) is 9.59 Å². The normalized spacial score (nSPS) is 15.0. The second-order valence-corrected chi connectivity index (χ2v) is 5.89. The summed E-state index contributed by atoms with van der Waals surface area (Å²) in [6, 6.07) is 1.47. The molecule has 1 aromatic heterocycles. The Hall–Kier alpha value is -1.33. The minimum Gasteiger partial charge on any atom is -0.456 e. The van der Waals surface area contributed by atoms with Gasteiger partial charge in [-0.1, -0.05) is 36.0 Å². The van der Waals surface area contributed by atoms with Crippen molar-refractivity contribution in [3.05, 3.63) is 22.3 Å². The van der Waals surface area contributed by atoms with Crippen molar-refractivity contribution in [3.63, 3.8) is 0 Å². The third-order valence-electron chi connectivity index (χ3n) is 3.36. The Balaban J connectivity index is 1.75. The molecule has 0 radical (unpaired) electrons. The maximum absolute atomic E-state index is 11.7. The first-order chi connectivity index (χ1) is 10.0. The number of ether oxygens (including phenoxy) is 1. The summed E-state index contributed by atoms with van der Waals surface area (Å²) in [7, 11) is 0. The lowest BCUT2D eigenvalue weighted by atomic mass is 10.1. The van der Waals surface area contributed by atoms with Crippen LogP contribution in [0.25, 0.3) is 0 Å². The van der Waals surface area contributed by atoms with Crippen LogP contribution in [0.4, 0.5) is 5.82 Å². The Kier molecular flexibility index (Phi) is 5.82. The van der Waals surface area contributed by atoms with E-state index in [4.69, 9.17) is 27.9 Å². The molecular formula is C14H16Cl2N2O3. The van der Waals surface area contributed by atoms with Gasteiger partial charge in [-0.15, -0.1) is 0 Å². The number of hydrogen-bond donors (Lipinski definition) is 1. The maximum Gasteiger partial charge on any atom is 0.306 e. The number of anilines is 1. The summed E-state index contributed by atoms with van der Waals surface area (Å²) in [4.78, 5) is 27.2. The topological polar surface area (TPSA) is 68.3 Å². The summed E-state index contributed by atoms with van der Waals surface area (Å²) in [5.41, 5.74) is 0. The Bertz CT molecular complexity index is 531. The van der Waals surface area contributed by atoms with Crippen LogP contribution in [-0.2, 0) is 14.3 Å². The Morgan fingerprint density at radius 3 is 2.71 bits per heavy atom. The van der Waals surface area contributed by atoms with E-state index in [0.29, 0.717) is 17.4 Å². The van der Waals surface area contributed by atoms with Crippen molar-refractivity contribution in [3.8, 4) is 0 Å². The van der Waals surface area contributed by atoms with Gasteiger partial charge in [-0.25, -0.2) is 4.98 Å². The fourth-order valence-corrected chi connectivity index (χ4v) is 2.76. The van der Waals surface area contributed by atoms with Crippen molar-refractivity contribution in [2.24, 2.45) is 5.92 Å². The average molecular weight is 331 g/mol. The van der Waals surface area contributed by atoms with Crippen molar-refractivity contribution in [1.82, 2.24) is 4.98 Å². The number of hydrogen-bond acceptors (Lipinski definition) is 4. The number of amides is 1. The highest BCUT2D eigenvalue weighted by Crippen LogP contribution is 2.27. The van der Waals surface area contributed by atoms with Gasteiger partial charge in [0.2, 0.25) is 0 Å². The molecule has 1 aliphatic rings. The summed E-state index contributed by atoms with van der Waals surface area (Å²) in [6.07, 6.45) is 6.21. The summed E-state index contributed by atoms with van der Waals surface area (Å²) in [5, 5.41) is 3.07. The van der Waals surface area contributed by atoms with Crippen LogP contribution < -0.4 is 5.32 Å². The predicted octanol–water partition coefficient (Wildman–Crippen LogP) is 3.45. The molecule has 0 atom stereocenters. The van der Waals surface area contributed by atoms with Crippen LogP contribution in [0.5, 0.6) is 0 Å². The van der Waals surface area contributed by atoms with Crippen molar-refractivity contribution in [2.75, 3.05) is 11.9 Å². The smallest absolute Gasteiger partial charge is 0.306 e. The van der Waals surface area contributed by atoms with Gasteiger partial charge in [0.05, 0.1) is 10.0 Å². The van der Waals surface area contributed by atoms with Gasteiger partial charge in [0, 0.05) is 12.6 Å². The number of nitrogens with one attached hydrogen (secondary N) is 1. The molecule has 0 bridgehead atoms. The molecule has 0 saturated heterocycles. The molecule has 2 rings (SSSR count). The molecule has 1 aromatic rings.